The molecule has 0 aromatic heterocycles. The van der Waals surface area contributed by atoms with E-state index in [2.05, 4.69) is 15.1 Å². The molecule has 0 radical (unpaired) electrons. The summed E-state index contributed by atoms with van der Waals surface area (Å²) in [5.41, 5.74) is 10.9. The Morgan fingerprint density at radius 3 is 2.36 bits per heavy atom. The van der Waals surface area contributed by atoms with Crippen LogP contribution in [-0.4, -0.2) is 58.1 Å². The number of para-hydroxylation sites is 1. The zero-order valence-corrected chi connectivity index (χ0v) is 21.1. The summed E-state index contributed by atoms with van der Waals surface area (Å²) in [5.74, 6) is 0.664. The molecule has 0 fully saturated rings. The summed E-state index contributed by atoms with van der Waals surface area (Å²) in [4.78, 5) is 29.0. The first-order valence-corrected chi connectivity index (χ1v) is 11.8. The molecule has 0 bridgehead atoms. The number of rotatable bonds is 10. The number of carbonyl (C=O) groups excluding carboxylic acids is 2. The standard InChI is InChI=1S/C28H32N4O4/c1-31(2)15-6-16-32(19-11-9-18(10-12-19)27(29)33)23-14-13-20(22-17-30-28(34)25(22)23)21-7-5-8-24(35-3)26(21)36-4/h5,7-14H,6,15-17H2,1-4H3,(H2,29,33)(H,30,34). The number of nitrogens with two attached hydrogens (primary N) is 1. The monoisotopic (exact) mass is 488 g/mol. The van der Waals surface area contributed by atoms with Gasteiger partial charge in [0.15, 0.2) is 11.5 Å². The Morgan fingerprint density at radius 1 is 0.972 bits per heavy atom. The molecule has 0 atom stereocenters. The van der Waals surface area contributed by atoms with Crippen LogP contribution in [0.3, 0.4) is 0 Å². The van der Waals surface area contributed by atoms with Gasteiger partial charge in [0.2, 0.25) is 5.91 Å². The number of carbonyl (C=O) groups is 2. The highest BCUT2D eigenvalue weighted by molar-refractivity contribution is 6.06. The van der Waals surface area contributed by atoms with E-state index in [1.165, 1.54) is 0 Å². The fraction of sp³-hybridized carbons (Fsp3) is 0.286. The molecular formula is C28H32N4O4. The lowest BCUT2D eigenvalue weighted by Crippen LogP contribution is -2.25. The lowest BCUT2D eigenvalue weighted by atomic mass is 9.94. The Hall–Kier alpha value is -4.04. The summed E-state index contributed by atoms with van der Waals surface area (Å²) in [7, 11) is 7.29. The zero-order valence-electron chi connectivity index (χ0n) is 21.1. The second-order valence-electron chi connectivity index (χ2n) is 8.93. The average molecular weight is 489 g/mol. The number of nitrogens with one attached hydrogen (secondary N) is 1. The summed E-state index contributed by atoms with van der Waals surface area (Å²) in [5, 5.41) is 3.00. The number of hydrogen-bond donors (Lipinski definition) is 2. The number of primary amides is 1. The van der Waals surface area contributed by atoms with Crippen molar-refractivity contribution in [3.63, 3.8) is 0 Å². The third kappa shape index (κ3) is 4.85. The molecule has 2 amide bonds. The number of ether oxygens (including phenoxy) is 2. The fourth-order valence-electron chi connectivity index (χ4n) is 4.65. The minimum atomic E-state index is -0.474. The van der Waals surface area contributed by atoms with Gasteiger partial charge in [-0.15, -0.1) is 0 Å². The van der Waals surface area contributed by atoms with E-state index < -0.39 is 5.91 Å². The summed E-state index contributed by atoms with van der Waals surface area (Å²) < 4.78 is 11.2. The highest BCUT2D eigenvalue weighted by atomic mass is 16.5. The van der Waals surface area contributed by atoms with Gasteiger partial charge in [-0.05, 0) is 74.6 Å². The summed E-state index contributed by atoms with van der Waals surface area (Å²) in [6.45, 7) is 2.00. The number of methoxy groups -OCH3 is 2. The number of anilines is 2. The van der Waals surface area contributed by atoms with Gasteiger partial charge in [-0.3, -0.25) is 9.59 Å². The smallest absolute Gasteiger partial charge is 0.254 e. The molecule has 4 rings (SSSR count). The second-order valence-corrected chi connectivity index (χ2v) is 8.93. The summed E-state index contributed by atoms with van der Waals surface area (Å²) >= 11 is 0. The molecule has 0 unspecified atom stereocenters. The SMILES string of the molecule is COc1cccc(-c2ccc(N(CCCN(C)C)c3ccc(C(N)=O)cc3)c3c2CNC3=O)c1OC. The van der Waals surface area contributed by atoms with E-state index in [9.17, 15) is 9.59 Å². The van der Waals surface area contributed by atoms with E-state index in [1.54, 1.807) is 26.4 Å². The first kappa shape index (κ1) is 25.1. The van der Waals surface area contributed by atoms with E-state index >= 15 is 0 Å². The first-order chi connectivity index (χ1) is 17.3. The molecule has 1 aliphatic rings. The van der Waals surface area contributed by atoms with Crippen LogP contribution in [0, 0.1) is 0 Å². The molecule has 1 aliphatic heterocycles. The molecular weight excluding hydrogens is 456 g/mol. The predicted octanol–water partition coefficient (Wildman–Crippen LogP) is 3.80. The van der Waals surface area contributed by atoms with Gasteiger partial charge in [-0.25, -0.2) is 0 Å². The maximum atomic E-state index is 13.1. The van der Waals surface area contributed by atoms with Crippen LogP contribution in [0.15, 0.2) is 54.6 Å². The number of fused-ring (bicyclic) bond motifs is 1. The largest absolute Gasteiger partial charge is 0.493 e. The van der Waals surface area contributed by atoms with Crippen molar-refractivity contribution in [1.82, 2.24) is 10.2 Å². The molecule has 0 saturated heterocycles. The van der Waals surface area contributed by atoms with Crippen molar-refractivity contribution in [3.05, 3.63) is 71.3 Å². The third-order valence-corrected chi connectivity index (χ3v) is 6.38. The van der Waals surface area contributed by atoms with Crippen molar-refractivity contribution in [2.45, 2.75) is 13.0 Å². The van der Waals surface area contributed by atoms with Crippen LogP contribution in [0.25, 0.3) is 11.1 Å². The Balaban J connectivity index is 1.84. The highest BCUT2D eigenvalue weighted by Gasteiger charge is 2.30. The van der Waals surface area contributed by atoms with E-state index in [-0.39, 0.29) is 5.91 Å². The van der Waals surface area contributed by atoms with Gasteiger partial charge >= 0.3 is 0 Å². The second kappa shape index (κ2) is 10.7. The maximum Gasteiger partial charge on any atom is 0.254 e. The van der Waals surface area contributed by atoms with Crippen LogP contribution in [0.2, 0.25) is 0 Å². The van der Waals surface area contributed by atoms with Gasteiger partial charge in [0.25, 0.3) is 5.91 Å². The number of nitrogens with zero attached hydrogens (tertiary/aromatic N) is 2. The first-order valence-electron chi connectivity index (χ1n) is 11.8. The fourth-order valence-corrected chi connectivity index (χ4v) is 4.65. The van der Waals surface area contributed by atoms with Gasteiger partial charge in [-0.1, -0.05) is 18.2 Å². The lowest BCUT2D eigenvalue weighted by molar-refractivity contribution is 0.0964. The molecule has 0 aliphatic carbocycles. The molecule has 8 nitrogen and oxygen atoms in total. The number of hydrogen-bond acceptors (Lipinski definition) is 6. The van der Waals surface area contributed by atoms with E-state index in [1.807, 2.05) is 56.6 Å². The van der Waals surface area contributed by atoms with Crippen LogP contribution in [0.5, 0.6) is 11.5 Å². The minimum Gasteiger partial charge on any atom is -0.493 e. The van der Waals surface area contributed by atoms with E-state index in [4.69, 9.17) is 15.2 Å². The van der Waals surface area contributed by atoms with E-state index in [0.29, 0.717) is 35.7 Å². The third-order valence-electron chi connectivity index (χ3n) is 6.38. The van der Waals surface area contributed by atoms with Crippen molar-refractivity contribution < 1.29 is 19.1 Å². The summed E-state index contributed by atoms with van der Waals surface area (Å²) in [6, 6.07) is 16.9. The molecule has 3 N–H and O–H groups in total. The van der Waals surface area contributed by atoms with Gasteiger partial charge in [0.1, 0.15) is 0 Å². The molecule has 8 heteroatoms. The van der Waals surface area contributed by atoms with Gasteiger partial charge < -0.3 is 30.3 Å². The maximum absolute atomic E-state index is 13.1. The number of benzene rings is 3. The Morgan fingerprint density at radius 2 is 1.72 bits per heavy atom. The molecule has 3 aromatic rings. The predicted molar refractivity (Wildman–Crippen MR) is 141 cm³/mol. The van der Waals surface area contributed by atoms with Crippen LogP contribution in [0.4, 0.5) is 11.4 Å². The highest BCUT2D eigenvalue weighted by Crippen LogP contribution is 2.43. The average Bonchev–Trinajstić information content (AvgIpc) is 3.27. The van der Waals surface area contributed by atoms with Crippen molar-refractivity contribution in [2.24, 2.45) is 5.73 Å². The Labute approximate surface area is 211 Å². The Kier molecular flexibility index (Phi) is 7.45. The van der Waals surface area contributed by atoms with Crippen LogP contribution >= 0.6 is 0 Å². The summed E-state index contributed by atoms with van der Waals surface area (Å²) in [6.07, 6.45) is 0.881. The quantitative estimate of drug-likeness (QED) is 0.451. The number of amides is 2. The van der Waals surface area contributed by atoms with E-state index in [0.717, 1.165) is 41.0 Å². The molecule has 36 heavy (non-hydrogen) atoms. The van der Waals surface area contributed by atoms with Crippen molar-refractivity contribution in [3.8, 4) is 22.6 Å². The van der Waals surface area contributed by atoms with Gasteiger partial charge in [0, 0.05) is 29.9 Å². The van der Waals surface area contributed by atoms with Crippen molar-refractivity contribution in [1.29, 1.82) is 0 Å². The molecule has 0 saturated carbocycles. The Bertz CT molecular complexity index is 1270. The van der Waals surface area contributed by atoms with Crippen LogP contribution in [-0.2, 0) is 6.54 Å². The normalized spacial score (nSPS) is 12.3. The topological polar surface area (TPSA) is 97.1 Å². The molecule has 188 valence electrons. The van der Waals surface area contributed by atoms with Crippen molar-refractivity contribution in [2.75, 3.05) is 46.3 Å². The van der Waals surface area contributed by atoms with Crippen LogP contribution < -0.4 is 25.4 Å². The van der Waals surface area contributed by atoms with Gasteiger partial charge in [0.05, 0.1) is 25.5 Å². The zero-order chi connectivity index (χ0) is 25.8. The molecule has 0 spiro atoms. The van der Waals surface area contributed by atoms with Crippen molar-refractivity contribution >= 4 is 23.2 Å². The minimum absolute atomic E-state index is 0.116. The van der Waals surface area contributed by atoms with Crippen LogP contribution in [0.1, 0.15) is 32.7 Å². The molecule has 1 heterocycles. The van der Waals surface area contributed by atoms with Gasteiger partial charge in [-0.2, -0.15) is 0 Å². The molecule has 3 aromatic carbocycles. The lowest BCUT2D eigenvalue weighted by Gasteiger charge is -2.28.